The van der Waals surface area contributed by atoms with Crippen molar-refractivity contribution < 1.29 is 20.4 Å². The standard InChI is InChI=1S/C9H16N2O4S/c1-3-6(12)5(11-10-4(2)16)8(14)9(15)7(3)13/h3,6-9,12-15H,1-2H3,(H,10,16)/b11-5+/t3-,6+,7-,8+,9+/m1/s1. The Kier molecular flexibility index (Phi) is 4.34. The lowest BCUT2D eigenvalue weighted by Crippen LogP contribution is -2.58. The minimum Gasteiger partial charge on any atom is -0.390 e. The maximum absolute atomic E-state index is 9.76. The van der Waals surface area contributed by atoms with Gasteiger partial charge >= 0.3 is 0 Å². The average molecular weight is 248 g/mol. The van der Waals surface area contributed by atoms with E-state index in [2.05, 4.69) is 10.5 Å². The van der Waals surface area contributed by atoms with Crippen molar-refractivity contribution in [3.8, 4) is 0 Å². The van der Waals surface area contributed by atoms with Crippen LogP contribution in [-0.2, 0) is 0 Å². The van der Waals surface area contributed by atoms with Crippen molar-refractivity contribution in [1.29, 1.82) is 0 Å². The molecule has 6 nitrogen and oxygen atoms in total. The summed E-state index contributed by atoms with van der Waals surface area (Å²) in [6.45, 7) is 3.15. The number of hydrogen-bond acceptors (Lipinski definition) is 6. The fourth-order valence-electron chi connectivity index (χ4n) is 1.58. The molecule has 92 valence electrons. The average Bonchev–Trinajstić information content (AvgIpc) is 2.23. The molecule has 0 bridgehead atoms. The van der Waals surface area contributed by atoms with Crippen LogP contribution in [0.3, 0.4) is 0 Å². The first-order valence-corrected chi connectivity index (χ1v) is 5.33. The minimum absolute atomic E-state index is 0.0190. The fourth-order valence-corrected chi connectivity index (χ4v) is 1.63. The van der Waals surface area contributed by atoms with Crippen LogP contribution in [0.5, 0.6) is 0 Å². The molecule has 0 heterocycles. The van der Waals surface area contributed by atoms with E-state index in [1.807, 2.05) is 0 Å². The summed E-state index contributed by atoms with van der Waals surface area (Å²) in [6.07, 6.45) is -5.06. The molecule has 0 aromatic rings. The quantitative estimate of drug-likeness (QED) is 0.282. The molecule has 16 heavy (non-hydrogen) atoms. The van der Waals surface area contributed by atoms with Crippen LogP contribution in [0.1, 0.15) is 13.8 Å². The molecule has 1 fully saturated rings. The molecule has 1 aliphatic rings. The van der Waals surface area contributed by atoms with Gasteiger partial charge in [0, 0.05) is 5.92 Å². The van der Waals surface area contributed by atoms with Crippen LogP contribution in [0.2, 0.25) is 0 Å². The maximum Gasteiger partial charge on any atom is 0.125 e. The molecule has 7 heteroatoms. The number of hydrazone groups is 1. The molecule has 1 rings (SSSR count). The highest BCUT2D eigenvalue weighted by atomic mass is 32.1. The van der Waals surface area contributed by atoms with Crippen LogP contribution < -0.4 is 5.43 Å². The van der Waals surface area contributed by atoms with Gasteiger partial charge in [-0.25, -0.2) is 0 Å². The van der Waals surface area contributed by atoms with Gasteiger partial charge in [-0.15, -0.1) is 0 Å². The summed E-state index contributed by atoms with van der Waals surface area (Å²) in [7, 11) is 0. The zero-order valence-corrected chi connectivity index (χ0v) is 9.85. The van der Waals surface area contributed by atoms with E-state index in [0.717, 1.165) is 0 Å². The molecule has 0 radical (unpaired) electrons. The summed E-state index contributed by atoms with van der Waals surface area (Å²) in [5, 5.41) is 42.2. The predicted octanol–water partition coefficient (Wildman–Crippen LogP) is -1.63. The van der Waals surface area contributed by atoms with Gasteiger partial charge in [0.1, 0.15) is 18.3 Å². The van der Waals surface area contributed by atoms with Gasteiger partial charge in [0.05, 0.1) is 16.8 Å². The summed E-state index contributed by atoms with van der Waals surface area (Å²) in [6, 6.07) is 0. The highest BCUT2D eigenvalue weighted by molar-refractivity contribution is 7.80. The van der Waals surface area contributed by atoms with Gasteiger partial charge in [-0.05, 0) is 6.92 Å². The number of thiocarbonyl (C=S) groups is 1. The summed E-state index contributed by atoms with van der Waals surface area (Å²) >= 11 is 4.73. The molecule has 0 amide bonds. The Morgan fingerprint density at radius 2 is 1.75 bits per heavy atom. The largest absolute Gasteiger partial charge is 0.390 e. The van der Waals surface area contributed by atoms with E-state index >= 15 is 0 Å². The first-order chi connectivity index (χ1) is 7.36. The van der Waals surface area contributed by atoms with E-state index in [0.29, 0.717) is 4.99 Å². The molecule has 0 aromatic heterocycles. The summed E-state index contributed by atoms with van der Waals surface area (Å²) in [5.74, 6) is -0.607. The van der Waals surface area contributed by atoms with E-state index in [4.69, 9.17) is 12.2 Å². The summed E-state index contributed by atoms with van der Waals surface area (Å²) in [4.78, 5) is 0.375. The Labute approximate surface area is 98.6 Å². The van der Waals surface area contributed by atoms with Crippen LogP contribution in [0, 0.1) is 5.92 Å². The van der Waals surface area contributed by atoms with Crippen molar-refractivity contribution in [2.24, 2.45) is 11.0 Å². The number of hydrogen-bond donors (Lipinski definition) is 5. The molecule has 0 spiro atoms. The highest BCUT2D eigenvalue weighted by Gasteiger charge is 2.44. The third kappa shape index (κ3) is 2.55. The van der Waals surface area contributed by atoms with Crippen LogP contribution in [0.15, 0.2) is 5.10 Å². The Bertz CT molecular complexity index is 292. The Balaban J connectivity index is 2.90. The number of aliphatic hydroxyl groups excluding tert-OH is 4. The molecule has 5 N–H and O–H groups in total. The maximum atomic E-state index is 9.76. The van der Waals surface area contributed by atoms with E-state index < -0.39 is 30.3 Å². The topological polar surface area (TPSA) is 105 Å². The zero-order chi connectivity index (χ0) is 12.5. The fraction of sp³-hybridized carbons (Fsp3) is 0.778. The molecule has 0 unspecified atom stereocenters. The number of nitrogens with zero attached hydrogens (tertiary/aromatic N) is 1. The van der Waals surface area contributed by atoms with Crippen LogP contribution in [-0.4, -0.2) is 55.5 Å². The first kappa shape index (κ1) is 13.5. The first-order valence-electron chi connectivity index (χ1n) is 4.92. The molecule has 0 saturated heterocycles. The lowest BCUT2D eigenvalue weighted by atomic mass is 9.80. The van der Waals surface area contributed by atoms with E-state index in [-0.39, 0.29) is 5.71 Å². The third-order valence-corrected chi connectivity index (χ3v) is 2.75. The van der Waals surface area contributed by atoms with Crippen molar-refractivity contribution in [2.75, 3.05) is 0 Å². The molecule has 0 aromatic carbocycles. The second kappa shape index (κ2) is 5.15. The SMILES string of the molecule is CC(=S)N/N=C1\[C@@H](O)[C@@H](C)[C@@H](O)[C@H](O)[C@H]1O. The highest BCUT2D eigenvalue weighted by Crippen LogP contribution is 2.23. The van der Waals surface area contributed by atoms with E-state index in [1.165, 1.54) is 0 Å². The zero-order valence-electron chi connectivity index (χ0n) is 9.03. The smallest absolute Gasteiger partial charge is 0.125 e. The van der Waals surface area contributed by atoms with Gasteiger partial charge in [-0.3, -0.25) is 5.43 Å². The monoisotopic (exact) mass is 248 g/mol. The predicted molar refractivity (Wildman–Crippen MR) is 62.0 cm³/mol. The van der Waals surface area contributed by atoms with Gasteiger partial charge in [-0.1, -0.05) is 19.1 Å². The second-order valence-electron chi connectivity index (χ2n) is 3.93. The Morgan fingerprint density at radius 1 is 1.19 bits per heavy atom. The van der Waals surface area contributed by atoms with Gasteiger partial charge in [0.2, 0.25) is 0 Å². The molecular formula is C9H16N2O4S. The van der Waals surface area contributed by atoms with Crippen LogP contribution in [0.4, 0.5) is 0 Å². The van der Waals surface area contributed by atoms with Gasteiger partial charge in [0.15, 0.2) is 0 Å². The van der Waals surface area contributed by atoms with Crippen molar-refractivity contribution in [2.45, 2.75) is 38.3 Å². The molecule has 5 atom stereocenters. The summed E-state index contributed by atoms with van der Waals surface area (Å²) < 4.78 is 0. The van der Waals surface area contributed by atoms with Crippen molar-refractivity contribution in [1.82, 2.24) is 5.43 Å². The molecular weight excluding hydrogens is 232 g/mol. The van der Waals surface area contributed by atoms with Crippen molar-refractivity contribution in [3.05, 3.63) is 0 Å². The van der Waals surface area contributed by atoms with Gasteiger partial charge in [-0.2, -0.15) is 5.10 Å². The second-order valence-corrected chi connectivity index (χ2v) is 4.55. The van der Waals surface area contributed by atoms with Gasteiger partial charge < -0.3 is 20.4 Å². The normalized spacial score (nSPS) is 42.1. The van der Waals surface area contributed by atoms with Crippen molar-refractivity contribution >= 4 is 22.9 Å². The van der Waals surface area contributed by atoms with Crippen LogP contribution in [0.25, 0.3) is 0 Å². The number of rotatable bonds is 1. The Hall–Kier alpha value is -0.600. The molecule has 1 aliphatic carbocycles. The molecule has 1 saturated carbocycles. The minimum atomic E-state index is -1.40. The van der Waals surface area contributed by atoms with Gasteiger partial charge in [0.25, 0.3) is 0 Å². The van der Waals surface area contributed by atoms with E-state index in [1.54, 1.807) is 13.8 Å². The number of aliphatic hydroxyl groups is 4. The van der Waals surface area contributed by atoms with E-state index in [9.17, 15) is 20.4 Å². The third-order valence-electron chi connectivity index (χ3n) is 2.66. The molecule has 0 aliphatic heterocycles. The van der Waals surface area contributed by atoms with Crippen LogP contribution >= 0.6 is 12.2 Å². The lowest BCUT2D eigenvalue weighted by molar-refractivity contribution is -0.0929. The summed E-state index contributed by atoms with van der Waals surface area (Å²) in [5.41, 5.74) is 2.42. The Morgan fingerprint density at radius 3 is 2.25 bits per heavy atom. The number of nitrogens with one attached hydrogen (secondary N) is 1. The van der Waals surface area contributed by atoms with Crippen molar-refractivity contribution in [3.63, 3.8) is 0 Å². The lowest BCUT2D eigenvalue weighted by Gasteiger charge is -2.37.